The van der Waals surface area contributed by atoms with Crippen molar-refractivity contribution in [2.45, 2.75) is 0 Å². The van der Waals surface area contributed by atoms with Gasteiger partial charge in [-0.3, -0.25) is 0 Å². The first-order valence-corrected chi connectivity index (χ1v) is 5.16. The number of benzene rings is 1. The summed E-state index contributed by atoms with van der Waals surface area (Å²) < 4.78 is 11.8. The van der Waals surface area contributed by atoms with Crippen molar-refractivity contribution in [2.24, 2.45) is 0 Å². The molecule has 0 bridgehead atoms. The van der Waals surface area contributed by atoms with E-state index in [1.807, 2.05) is 35.2 Å². The Balaban J connectivity index is 2.44. The van der Waals surface area contributed by atoms with Crippen LogP contribution in [0, 0.1) is 0 Å². The van der Waals surface area contributed by atoms with Crippen molar-refractivity contribution in [3.8, 4) is 11.4 Å². The second-order valence-electron chi connectivity index (χ2n) is 3.47. The van der Waals surface area contributed by atoms with Crippen LogP contribution in [-0.4, -0.2) is 24.8 Å². The topological polar surface area (TPSA) is 40.5 Å². The molecule has 0 atom stereocenters. The van der Waals surface area contributed by atoms with E-state index in [2.05, 4.69) is 4.74 Å². The molecule has 2 aromatic rings. The van der Waals surface area contributed by atoms with Gasteiger partial charge in [0.1, 0.15) is 11.3 Å². The van der Waals surface area contributed by atoms with E-state index < -0.39 is 5.97 Å². The zero-order valence-corrected chi connectivity index (χ0v) is 9.71. The summed E-state index contributed by atoms with van der Waals surface area (Å²) in [4.78, 5) is 11.5. The van der Waals surface area contributed by atoms with Gasteiger partial charge in [-0.15, -0.1) is 0 Å². The van der Waals surface area contributed by atoms with Crippen LogP contribution < -0.4 is 4.74 Å². The second kappa shape index (κ2) is 4.74. The molecule has 0 saturated heterocycles. The Morgan fingerprint density at radius 3 is 2.47 bits per heavy atom. The van der Waals surface area contributed by atoms with E-state index in [-0.39, 0.29) is 0 Å². The van der Waals surface area contributed by atoms with E-state index in [9.17, 15) is 4.79 Å². The van der Waals surface area contributed by atoms with Gasteiger partial charge in [0, 0.05) is 24.1 Å². The number of nitrogens with zero attached hydrogens (tertiary/aromatic N) is 1. The van der Waals surface area contributed by atoms with Gasteiger partial charge >= 0.3 is 5.97 Å². The number of carbonyl (C=O) groups excluding carboxylic acids is 1. The molecule has 0 radical (unpaired) electrons. The molecule has 1 heterocycles. The van der Waals surface area contributed by atoms with Gasteiger partial charge in [0.15, 0.2) is 0 Å². The fourth-order valence-corrected chi connectivity index (χ4v) is 1.63. The fraction of sp³-hybridized carbons (Fsp3) is 0.154. The summed E-state index contributed by atoms with van der Waals surface area (Å²) in [6, 6.07) is 9.20. The Morgan fingerprint density at radius 1 is 1.18 bits per heavy atom. The summed E-state index contributed by atoms with van der Waals surface area (Å²) in [7, 11) is 2.88. The predicted molar refractivity (Wildman–Crippen MR) is 63.7 cm³/mol. The highest BCUT2D eigenvalue weighted by molar-refractivity contribution is 5.92. The highest BCUT2D eigenvalue weighted by atomic mass is 16.5. The maximum Gasteiger partial charge on any atom is 0.341 e. The second-order valence-corrected chi connectivity index (χ2v) is 3.47. The first kappa shape index (κ1) is 11.3. The number of carbonyl (C=O) groups is 1. The Morgan fingerprint density at radius 2 is 1.88 bits per heavy atom. The Labute approximate surface area is 99.4 Å². The number of hydrogen-bond acceptors (Lipinski definition) is 3. The van der Waals surface area contributed by atoms with Crippen LogP contribution in [0.1, 0.15) is 10.4 Å². The lowest BCUT2D eigenvalue weighted by molar-refractivity contribution is 0.0597. The number of esters is 1. The molecule has 0 spiro atoms. The lowest BCUT2D eigenvalue weighted by Gasteiger charge is -2.09. The molecule has 0 aliphatic carbocycles. The lowest BCUT2D eigenvalue weighted by Crippen LogP contribution is -2.04. The standard InChI is InChI=1S/C13H13NO3/c1-16-12-9-10(14-7-3-4-8-14)5-6-11(12)13(15)17-2/h3-9H,1-2H3. The number of rotatable bonds is 3. The third-order valence-electron chi connectivity index (χ3n) is 2.49. The molecule has 0 unspecified atom stereocenters. The van der Waals surface area contributed by atoms with E-state index in [1.165, 1.54) is 14.2 Å². The molecule has 17 heavy (non-hydrogen) atoms. The average Bonchev–Trinajstić information content (AvgIpc) is 2.91. The Bertz CT molecular complexity index is 517. The summed E-state index contributed by atoms with van der Waals surface area (Å²) in [5.74, 6) is 0.101. The number of aromatic nitrogens is 1. The van der Waals surface area contributed by atoms with Gasteiger partial charge in [0.25, 0.3) is 0 Å². The highest BCUT2D eigenvalue weighted by Crippen LogP contribution is 2.23. The summed E-state index contributed by atoms with van der Waals surface area (Å²) in [5, 5.41) is 0. The van der Waals surface area contributed by atoms with Crippen molar-refractivity contribution in [3.63, 3.8) is 0 Å². The van der Waals surface area contributed by atoms with Gasteiger partial charge in [-0.25, -0.2) is 4.79 Å². The van der Waals surface area contributed by atoms with Gasteiger partial charge < -0.3 is 14.0 Å². The minimum Gasteiger partial charge on any atom is -0.496 e. The predicted octanol–water partition coefficient (Wildman–Crippen LogP) is 2.27. The molecule has 4 nitrogen and oxygen atoms in total. The summed E-state index contributed by atoms with van der Waals surface area (Å²) in [6.07, 6.45) is 3.85. The molecule has 0 amide bonds. The van der Waals surface area contributed by atoms with Crippen LogP contribution in [0.2, 0.25) is 0 Å². The molecule has 1 aromatic heterocycles. The molecule has 0 fully saturated rings. The smallest absolute Gasteiger partial charge is 0.341 e. The van der Waals surface area contributed by atoms with Crippen LogP contribution in [0.25, 0.3) is 5.69 Å². The van der Waals surface area contributed by atoms with E-state index >= 15 is 0 Å². The van der Waals surface area contributed by atoms with Crippen LogP contribution in [0.15, 0.2) is 42.7 Å². The highest BCUT2D eigenvalue weighted by Gasteiger charge is 2.13. The van der Waals surface area contributed by atoms with Crippen LogP contribution in [0.3, 0.4) is 0 Å². The molecule has 0 N–H and O–H groups in total. The third kappa shape index (κ3) is 2.15. The molecule has 88 valence electrons. The molecule has 1 aromatic carbocycles. The van der Waals surface area contributed by atoms with E-state index in [0.29, 0.717) is 11.3 Å². The van der Waals surface area contributed by atoms with Gasteiger partial charge in [0.05, 0.1) is 14.2 Å². The summed E-state index contributed by atoms with van der Waals surface area (Å²) in [6.45, 7) is 0. The molecule has 0 aliphatic rings. The normalized spacial score (nSPS) is 10.0. The minimum atomic E-state index is -0.402. The minimum absolute atomic E-state index is 0.402. The van der Waals surface area contributed by atoms with Crippen molar-refractivity contribution < 1.29 is 14.3 Å². The van der Waals surface area contributed by atoms with Gasteiger partial charge in [-0.2, -0.15) is 0 Å². The monoisotopic (exact) mass is 231 g/mol. The fourth-order valence-electron chi connectivity index (χ4n) is 1.63. The van der Waals surface area contributed by atoms with Crippen molar-refractivity contribution in [1.29, 1.82) is 0 Å². The SMILES string of the molecule is COC(=O)c1ccc(-n2cccc2)cc1OC. The van der Waals surface area contributed by atoms with Gasteiger partial charge in [-0.1, -0.05) is 0 Å². The van der Waals surface area contributed by atoms with Crippen LogP contribution in [-0.2, 0) is 4.74 Å². The zero-order chi connectivity index (χ0) is 12.3. The van der Waals surface area contributed by atoms with E-state index in [0.717, 1.165) is 5.69 Å². The maximum absolute atomic E-state index is 11.5. The Kier molecular flexibility index (Phi) is 3.14. The van der Waals surface area contributed by atoms with Crippen molar-refractivity contribution in [2.75, 3.05) is 14.2 Å². The molecule has 4 heteroatoms. The maximum atomic E-state index is 11.5. The van der Waals surface area contributed by atoms with Crippen molar-refractivity contribution in [1.82, 2.24) is 4.57 Å². The summed E-state index contributed by atoms with van der Waals surface area (Å²) in [5.41, 5.74) is 1.35. The molecular weight excluding hydrogens is 218 g/mol. The van der Waals surface area contributed by atoms with Crippen molar-refractivity contribution in [3.05, 3.63) is 48.3 Å². The number of methoxy groups -OCH3 is 2. The summed E-state index contributed by atoms with van der Waals surface area (Å²) >= 11 is 0. The first-order valence-electron chi connectivity index (χ1n) is 5.16. The van der Waals surface area contributed by atoms with Gasteiger partial charge in [-0.05, 0) is 24.3 Å². The molecule has 2 rings (SSSR count). The number of ether oxygens (including phenoxy) is 2. The van der Waals surface area contributed by atoms with Crippen LogP contribution in [0.5, 0.6) is 5.75 Å². The average molecular weight is 231 g/mol. The van der Waals surface area contributed by atoms with Crippen LogP contribution >= 0.6 is 0 Å². The quantitative estimate of drug-likeness (QED) is 0.761. The Hall–Kier alpha value is -2.23. The third-order valence-corrected chi connectivity index (χ3v) is 2.49. The largest absolute Gasteiger partial charge is 0.496 e. The van der Waals surface area contributed by atoms with Gasteiger partial charge in [0.2, 0.25) is 0 Å². The van der Waals surface area contributed by atoms with E-state index in [4.69, 9.17) is 4.74 Å². The van der Waals surface area contributed by atoms with Crippen LogP contribution in [0.4, 0.5) is 0 Å². The molecule has 0 saturated carbocycles. The first-order chi connectivity index (χ1) is 8.26. The number of hydrogen-bond donors (Lipinski definition) is 0. The molecular formula is C13H13NO3. The van der Waals surface area contributed by atoms with Crippen molar-refractivity contribution >= 4 is 5.97 Å². The van der Waals surface area contributed by atoms with E-state index in [1.54, 1.807) is 12.1 Å². The zero-order valence-electron chi connectivity index (χ0n) is 9.71. The lowest BCUT2D eigenvalue weighted by atomic mass is 10.2. The molecule has 0 aliphatic heterocycles.